The number of aromatic amines is 1. The number of rotatable bonds is 8. The van der Waals surface area contributed by atoms with Gasteiger partial charge in [-0.25, -0.2) is 0 Å². The molecule has 0 amide bonds. The lowest BCUT2D eigenvalue weighted by atomic mass is 10.0. The molecule has 0 atom stereocenters. The first kappa shape index (κ1) is 20.4. The Bertz CT molecular complexity index is 820. The van der Waals surface area contributed by atoms with E-state index in [0.717, 1.165) is 28.5 Å². The van der Waals surface area contributed by atoms with Crippen molar-refractivity contribution in [2.24, 2.45) is 0 Å². The van der Waals surface area contributed by atoms with Crippen LogP contribution in [0.3, 0.4) is 0 Å². The van der Waals surface area contributed by atoms with Crippen molar-refractivity contribution in [3.8, 4) is 0 Å². The molecule has 2 aromatic rings. The number of methoxy groups -OCH3 is 1. The molecule has 0 saturated heterocycles. The van der Waals surface area contributed by atoms with Crippen molar-refractivity contribution < 1.29 is 9.84 Å². The van der Waals surface area contributed by atoms with Gasteiger partial charge in [0, 0.05) is 37.8 Å². The van der Waals surface area contributed by atoms with Gasteiger partial charge in [-0.15, -0.1) is 0 Å². The second kappa shape index (κ2) is 9.66. The van der Waals surface area contributed by atoms with E-state index in [9.17, 15) is 9.90 Å². The number of nitrogens with zero attached hydrogens (tertiary/aromatic N) is 1. The third-order valence-corrected chi connectivity index (χ3v) is 4.74. The van der Waals surface area contributed by atoms with Crippen LogP contribution in [-0.4, -0.2) is 53.5 Å². The lowest BCUT2D eigenvalue weighted by Gasteiger charge is -2.25. The lowest BCUT2D eigenvalue weighted by Crippen LogP contribution is -2.42. The second-order valence-corrected chi connectivity index (χ2v) is 6.72. The minimum Gasteiger partial charge on any atom is -0.395 e. The topological polar surface area (TPSA) is 77.6 Å². The molecule has 3 N–H and O–H groups in total. The van der Waals surface area contributed by atoms with Gasteiger partial charge in [0.25, 0.3) is 5.56 Å². The van der Waals surface area contributed by atoms with Crippen LogP contribution in [-0.2, 0) is 11.3 Å². The number of nitrogens with one attached hydrogen (secondary N) is 2. The average Bonchev–Trinajstić information content (AvgIpc) is 2.62. The minimum absolute atomic E-state index is 0.0382. The summed E-state index contributed by atoms with van der Waals surface area (Å²) in [5, 5.41) is 14.1. The van der Waals surface area contributed by atoms with E-state index in [1.165, 1.54) is 0 Å². The molecule has 26 heavy (non-hydrogen) atoms. The first-order valence-electron chi connectivity index (χ1n) is 8.72. The number of hydrogen-bond acceptors (Lipinski definition) is 4. The molecule has 1 aromatic heterocycles. The molecule has 2 rings (SSSR count). The van der Waals surface area contributed by atoms with Crippen LogP contribution in [0, 0.1) is 13.8 Å². The summed E-state index contributed by atoms with van der Waals surface area (Å²) in [6.07, 6.45) is 0.832. The Morgan fingerprint density at radius 1 is 1.35 bits per heavy atom. The molecule has 0 saturated carbocycles. The number of aromatic nitrogens is 1. The van der Waals surface area contributed by atoms with Crippen LogP contribution in [0.15, 0.2) is 23.0 Å². The second-order valence-electron chi connectivity index (χ2n) is 6.34. The van der Waals surface area contributed by atoms with Gasteiger partial charge in [-0.05, 0) is 49.7 Å². The molecular formula is C19H27N3O3S. The Kier molecular flexibility index (Phi) is 7.56. The van der Waals surface area contributed by atoms with Crippen LogP contribution in [0.25, 0.3) is 10.9 Å². The highest BCUT2D eigenvalue weighted by Gasteiger charge is 2.13. The predicted molar refractivity (Wildman–Crippen MR) is 109 cm³/mol. The molecule has 0 unspecified atom stereocenters. The molecule has 0 fully saturated rings. The van der Waals surface area contributed by atoms with Gasteiger partial charge in [0.05, 0.1) is 18.7 Å². The third-order valence-electron chi connectivity index (χ3n) is 4.34. The van der Waals surface area contributed by atoms with Crippen LogP contribution in [0.1, 0.15) is 23.1 Å². The van der Waals surface area contributed by atoms with E-state index in [1.54, 1.807) is 7.11 Å². The largest absolute Gasteiger partial charge is 0.395 e. The third kappa shape index (κ3) is 5.03. The number of H-pyrrole nitrogens is 1. The van der Waals surface area contributed by atoms with Crippen LogP contribution in [0.2, 0.25) is 0 Å². The Balaban J connectivity index is 2.22. The molecule has 1 aromatic carbocycles. The number of thiocarbonyl (C=S) groups is 1. The Morgan fingerprint density at radius 2 is 2.08 bits per heavy atom. The summed E-state index contributed by atoms with van der Waals surface area (Å²) in [6.45, 7) is 6.00. The number of hydrogen-bond donors (Lipinski definition) is 3. The van der Waals surface area contributed by atoms with Gasteiger partial charge < -0.3 is 25.0 Å². The van der Waals surface area contributed by atoms with Crippen LogP contribution < -0.4 is 10.9 Å². The maximum Gasteiger partial charge on any atom is 0.253 e. The van der Waals surface area contributed by atoms with E-state index in [0.29, 0.717) is 36.9 Å². The Hall–Kier alpha value is -1.96. The molecule has 0 aliphatic heterocycles. The summed E-state index contributed by atoms with van der Waals surface area (Å²) < 4.78 is 5.02. The Morgan fingerprint density at radius 3 is 2.77 bits per heavy atom. The van der Waals surface area contributed by atoms with Gasteiger partial charge in [0.1, 0.15) is 0 Å². The SMILES string of the molecule is COCCCNC(=S)N(CCO)Cc1cc2c(C)ccc(C)c2[nH]c1=O. The molecule has 0 aliphatic rings. The zero-order chi connectivity index (χ0) is 19.1. The fourth-order valence-corrected chi connectivity index (χ4v) is 3.10. The van der Waals surface area contributed by atoms with E-state index in [2.05, 4.69) is 10.3 Å². The van der Waals surface area contributed by atoms with Crippen molar-refractivity contribution in [1.82, 2.24) is 15.2 Å². The van der Waals surface area contributed by atoms with Crippen molar-refractivity contribution in [2.75, 3.05) is 33.4 Å². The number of benzene rings is 1. The fourth-order valence-electron chi connectivity index (χ4n) is 2.84. The maximum atomic E-state index is 12.5. The quantitative estimate of drug-likeness (QED) is 0.481. The molecule has 1 heterocycles. The minimum atomic E-state index is -0.128. The summed E-state index contributed by atoms with van der Waals surface area (Å²) in [4.78, 5) is 17.3. The highest BCUT2D eigenvalue weighted by molar-refractivity contribution is 7.80. The molecule has 6 nitrogen and oxygen atoms in total. The van der Waals surface area contributed by atoms with E-state index in [1.807, 2.05) is 36.9 Å². The first-order chi connectivity index (χ1) is 12.5. The first-order valence-corrected chi connectivity index (χ1v) is 9.13. The van der Waals surface area contributed by atoms with Crippen molar-refractivity contribution >= 4 is 28.2 Å². The van der Waals surface area contributed by atoms with Crippen LogP contribution in [0.4, 0.5) is 0 Å². The van der Waals surface area contributed by atoms with Crippen LogP contribution >= 0.6 is 12.2 Å². The molecular weight excluding hydrogens is 350 g/mol. The lowest BCUT2D eigenvalue weighted by molar-refractivity contribution is 0.195. The number of pyridine rings is 1. The van der Waals surface area contributed by atoms with Crippen molar-refractivity contribution in [1.29, 1.82) is 0 Å². The predicted octanol–water partition coefficient (Wildman–Crippen LogP) is 1.85. The highest BCUT2D eigenvalue weighted by Crippen LogP contribution is 2.20. The highest BCUT2D eigenvalue weighted by atomic mass is 32.1. The molecule has 0 spiro atoms. The maximum absolute atomic E-state index is 12.5. The molecule has 0 radical (unpaired) electrons. The van der Waals surface area contributed by atoms with Crippen molar-refractivity contribution in [3.63, 3.8) is 0 Å². The zero-order valence-electron chi connectivity index (χ0n) is 15.6. The van der Waals surface area contributed by atoms with E-state index >= 15 is 0 Å². The monoisotopic (exact) mass is 377 g/mol. The Labute approximate surface area is 159 Å². The summed E-state index contributed by atoms with van der Waals surface area (Å²) in [5.41, 5.74) is 3.51. The van der Waals surface area contributed by atoms with Crippen molar-refractivity contribution in [3.05, 3.63) is 45.2 Å². The smallest absolute Gasteiger partial charge is 0.253 e. The van der Waals surface area contributed by atoms with E-state index in [-0.39, 0.29) is 12.2 Å². The molecule has 7 heteroatoms. The van der Waals surface area contributed by atoms with Gasteiger partial charge in [0.2, 0.25) is 0 Å². The molecule has 0 aliphatic carbocycles. The normalized spacial score (nSPS) is 10.9. The van der Waals surface area contributed by atoms with Gasteiger partial charge in [-0.1, -0.05) is 12.1 Å². The van der Waals surface area contributed by atoms with Gasteiger partial charge >= 0.3 is 0 Å². The number of ether oxygens (including phenoxy) is 1. The number of aliphatic hydroxyl groups is 1. The number of aryl methyl sites for hydroxylation is 2. The summed E-state index contributed by atoms with van der Waals surface area (Å²) in [5.74, 6) is 0. The van der Waals surface area contributed by atoms with E-state index < -0.39 is 0 Å². The van der Waals surface area contributed by atoms with Crippen LogP contribution in [0.5, 0.6) is 0 Å². The zero-order valence-corrected chi connectivity index (χ0v) is 16.4. The van der Waals surface area contributed by atoms with Gasteiger partial charge in [-0.2, -0.15) is 0 Å². The summed E-state index contributed by atoms with van der Waals surface area (Å²) in [6, 6.07) is 5.98. The van der Waals surface area contributed by atoms with Gasteiger partial charge in [0.15, 0.2) is 5.11 Å². The molecule has 142 valence electrons. The standard InChI is InChI=1S/C19H27N3O3S/c1-13-5-6-14(2)17-16(13)11-15(18(24)21-17)12-22(8-9-23)19(26)20-7-4-10-25-3/h5-6,11,23H,4,7-10,12H2,1-3H3,(H,20,26)(H,21,24). The average molecular weight is 378 g/mol. The van der Waals surface area contributed by atoms with Gasteiger partial charge in [-0.3, -0.25) is 4.79 Å². The summed E-state index contributed by atoms with van der Waals surface area (Å²) >= 11 is 5.43. The number of aliphatic hydroxyl groups excluding tert-OH is 1. The summed E-state index contributed by atoms with van der Waals surface area (Å²) in [7, 11) is 1.66. The van der Waals surface area contributed by atoms with E-state index in [4.69, 9.17) is 17.0 Å². The van der Waals surface area contributed by atoms with Crippen molar-refractivity contribution in [2.45, 2.75) is 26.8 Å². The fraction of sp³-hybridized carbons (Fsp3) is 0.474. The molecule has 0 bridgehead atoms. The number of fused-ring (bicyclic) bond motifs is 1.